The van der Waals surface area contributed by atoms with Crippen LogP contribution in [0.25, 0.3) is 0 Å². The van der Waals surface area contributed by atoms with E-state index in [0.717, 1.165) is 31.3 Å². The van der Waals surface area contributed by atoms with E-state index in [1.165, 1.54) is 0 Å². The summed E-state index contributed by atoms with van der Waals surface area (Å²) in [6.45, 7) is 7.60. The van der Waals surface area contributed by atoms with Gasteiger partial charge >= 0.3 is 6.09 Å². The zero-order valence-corrected chi connectivity index (χ0v) is 11.4. The van der Waals surface area contributed by atoms with Crippen molar-refractivity contribution in [2.24, 2.45) is 5.92 Å². The summed E-state index contributed by atoms with van der Waals surface area (Å²) in [6, 6.07) is 0. The van der Waals surface area contributed by atoms with Crippen LogP contribution in [0.1, 0.15) is 33.6 Å². The predicted octanol–water partition coefficient (Wildman–Crippen LogP) is 3.08. The lowest BCUT2D eigenvalue weighted by atomic mass is 9.91. The maximum Gasteiger partial charge on any atom is 0.513 e. The lowest BCUT2D eigenvalue weighted by molar-refractivity contribution is -0.911. The number of hydrogen-bond donors (Lipinski definition) is 1. The van der Waals surface area contributed by atoms with Gasteiger partial charge in [0.25, 0.3) is 0 Å². The smallest absolute Gasteiger partial charge is 0.435 e. The van der Waals surface area contributed by atoms with Crippen LogP contribution in [0, 0.1) is 5.92 Å². The van der Waals surface area contributed by atoms with E-state index in [1.807, 2.05) is 20.8 Å². The molecule has 2 atom stereocenters. The van der Waals surface area contributed by atoms with Gasteiger partial charge in [-0.2, -0.15) is 4.79 Å². The summed E-state index contributed by atoms with van der Waals surface area (Å²) in [5, 5.41) is 10.4. The molecular weight excluding hydrogens is 258 g/mol. The number of alkyl halides is 1. The number of rotatable bonds is 1. The van der Waals surface area contributed by atoms with Crippen molar-refractivity contribution >= 4 is 22.0 Å². The van der Waals surface area contributed by atoms with Gasteiger partial charge in [0.15, 0.2) is 0 Å². The first-order chi connectivity index (χ1) is 6.83. The van der Waals surface area contributed by atoms with Crippen LogP contribution >= 0.6 is 15.9 Å². The Hall–Kier alpha value is -0.0900. The van der Waals surface area contributed by atoms with Gasteiger partial charge in [0, 0.05) is 11.2 Å². The molecule has 1 saturated heterocycles. The highest BCUT2D eigenvalue weighted by molar-refractivity contribution is 9.09. The summed E-state index contributed by atoms with van der Waals surface area (Å²) >= 11 is 3.48. The first-order valence-corrected chi connectivity index (χ1v) is 6.62. The molecule has 0 aliphatic carbocycles. The highest BCUT2D eigenvalue weighted by Crippen LogP contribution is 2.33. The highest BCUT2D eigenvalue weighted by atomic mass is 79.9. The van der Waals surface area contributed by atoms with Gasteiger partial charge in [-0.15, -0.1) is 0 Å². The molecule has 1 amide bonds. The SMILES string of the molecule is CC(C)(C)[N+]1(C(=O)O)CCC[C@@H](CBr)C1. The van der Waals surface area contributed by atoms with Crippen molar-refractivity contribution in [1.29, 1.82) is 0 Å². The van der Waals surface area contributed by atoms with E-state index in [0.29, 0.717) is 5.92 Å². The first kappa shape index (κ1) is 13.0. The molecular formula is C11H21BrNO2+. The van der Waals surface area contributed by atoms with Gasteiger partial charge in [-0.1, -0.05) is 15.9 Å². The average Bonchev–Trinajstić information content (AvgIpc) is 2.16. The molecule has 1 aliphatic rings. The van der Waals surface area contributed by atoms with Crippen LogP contribution in [-0.4, -0.2) is 39.6 Å². The number of carboxylic acid groups (broad SMARTS) is 1. The quantitative estimate of drug-likeness (QED) is 0.591. The average molecular weight is 279 g/mol. The molecule has 0 radical (unpaired) electrons. The fraction of sp³-hybridized carbons (Fsp3) is 0.909. The van der Waals surface area contributed by atoms with E-state index in [4.69, 9.17) is 0 Å². The van der Waals surface area contributed by atoms with Gasteiger partial charge in [0.05, 0.1) is 13.1 Å². The van der Waals surface area contributed by atoms with Crippen LogP contribution in [0.2, 0.25) is 0 Å². The predicted molar refractivity (Wildman–Crippen MR) is 64.3 cm³/mol. The highest BCUT2D eigenvalue weighted by Gasteiger charge is 2.50. The molecule has 0 aromatic carbocycles. The first-order valence-electron chi connectivity index (χ1n) is 5.50. The van der Waals surface area contributed by atoms with E-state index in [9.17, 15) is 9.90 Å². The standard InChI is InChI=1S/C11H20BrNO2/c1-11(2,3)13(10(14)15)6-4-5-9(7-12)8-13/h9H,4-8H2,1-3H3/p+1/t9-,13?/m0/s1. The minimum Gasteiger partial charge on any atom is -0.435 e. The minimum absolute atomic E-state index is 0.212. The fourth-order valence-corrected chi connectivity index (χ4v) is 3.00. The Kier molecular flexibility index (Phi) is 3.82. The van der Waals surface area contributed by atoms with E-state index in [-0.39, 0.29) is 10.0 Å². The molecule has 0 aromatic heterocycles. The second-order valence-electron chi connectivity index (χ2n) is 5.49. The van der Waals surface area contributed by atoms with Crippen LogP contribution in [0.15, 0.2) is 0 Å². The number of piperidine rings is 1. The Morgan fingerprint density at radius 1 is 1.53 bits per heavy atom. The molecule has 0 bridgehead atoms. The monoisotopic (exact) mass is 278 g/mol. The van der Waals surface area contributed by atoms with Crippen molar-refractivity contribution in [1.82, 2.24) is 0 Å². The molecule has 4 heteroatoms. The summed E-state index contributed by atoms with van der Waals surface area (Å²) in [5.74, 6) is 0.495. The van der Waals surface area contributed by atoms with Crippen LogP contribution in [0.3, 0.4) is 0 Å². The van der Waals surface area contributed by atoms with Crippen LogP contribution in [0.4, 0.5) is 4.79 Å². The number of quaternary nitrogens is 1. The third-order valence-corrected chi connectivity index (χ3v) is 4.51. The number of carbonyl (C=O) groups is 1. The van der Waals surface area contributed by atoms with Crippen molar-refractivity contribution < 1.29 is 14.4 Å². The molecule has 3 nitrogen and oxygen atoms in total. The summed E-state index contributed by atoms with van der Waals surface area (Å²) < 4.78 is 0.212. The molecule has 1 unspecified atom stereocenters. The summed E-state index contributed by atoms with van der Waals surface area (Å²) in [5.41, 5.74) is -0.216. The van der Waals surface area contributed by atoms with Gasteiger partial charge in [-0.25, -0.2) is 4.48 Å². The number of nitrogens with zero attached hydrogens (tertiary/aromatic N) is 1. The maximum absolute atomic E-state index is 11.5. The molecule has 1 N–H and O–H groups in total. The zero-order chi connectivity index (χ0) is 11.7. The van der Waals surface area contributed by atoms with Crippen molar-refractivity contribution in [3.63, 3.8) is 0 Å². The molecule has 0 aromatic rings. The summed E-state index contributed by atoms with van der Waals surface area (Å²) in [4.78, 5) is 11.5. The van der Waals surface area contributed by atoms with Crippen molar-refractivity contribution in [3.8, 4) is 0 Å². The maximum atomic E-state index is 11.5. The van der Waals surface area contributed by atoms with Gasteiger partial charge in [-0.05, 0) is 33.6 Å². The normalized spacial score (nSPS) is 32.7. The molecule has 1 aliphatic heterocycles. The third-order valence-electron chi connectivity index (χ3n) is 3.59. The van der Waals surface area contributed by atoms with Crippen molar-refractivity contribution in [3.05, 3.63) is 0 Å². The Bertz CT molecular complexity index is 249. The lowest BCUT2D eigenvalue weighted by Crippen LogP contribution is -2.66. The van der Waals surface area contributed by atoms with Gasteiger partial charge in [-0.3, -0.25) is 0 Å². The molecule has 15 heavy (non-hydrogen) atoms. The second kappa shape index (κ2) is 4.42. The van der Waals surface area contributed by atoms with Gasteiger partial charge in [0.2, 0.25) is 0 Å². The van der Waals surface area contributed by atoms with E-state index >= 15 is 0 Å². The van der Waals surface area contributed by atoms with Crippen LogP contribution in [0.5, 0.6) is 0 Å². The second-order valence-corrected chi connectivity index (χ2v) is 6.14. The van der Waals surface area contributed by atoms with E-state index in [1.54, 1.807) is 0 Å². The van der Waals surface area contributed by atoms with E-state index in [2.05, 4.69) is 15.9 Å². The Morgan fingerprint density at radius 3 is 2.53 bits per heavy atom. The van der Waals surface area contributed by atoms with Gasteiger partial charge < -0.3 is 5.11 Å². The van der Waals surface area contributed by atoms with Crippen molar-refractivity contribution in [2.75, 3.05) is 18.4 Å². The molecule has 1 heterocycles. The third kappa shape index (κ3) is 2.36. The Balaban J connectivity index is 2.96. The molecule has 88 valence electrons. The summed E-state index contributed by atoms with van der Waals surface area (Å²) in [6.07, 6.45) is 1.49. The fourth-order valence-electron chi connectivity index (χ4n) is 2.47. The zero-order valence-electron chi connectivity index (χ0n) is 9.79. The number of halogens is 1. The van der Waals surface area contributed by atoms with Gasteiger partial charge in [0.1, 0.15) is 5.54 Å². The number of likely N-dealkylation sites (tertiary alicyclic amines) is 1. The topological polar surface area (TPSA) is 37.3 Å². The van der Waals surface area contributed by atoms with Crippen LogP contribution in [-0.2, 0) is 0 Å². The van der Waals surface area contributed by atoms with E-state index < -0.39 is 6.09 Å². The van der Waals surface area contributed by atoms with Crippen LogP contribution < -0.4 is 0 Å². The molecule has 1 fully saturated rings. The number of hydrogen-bond acceptors (Lipinski definition) is 1. The lowest BCUT2D eigenvalue weighted by Gasteiger charge is -2.47. The minimum atomic E-state index is -0.673. The molecule has 0 spiro atoms. The van der Waals surface area contributed by atoms with Crippen molar-refractivity contribution in [2.45, 2.75) is 39.2 Å². The number of amides is 1. The summed E-state index contributed by atoms with van der Waals surface area (Å²) in [7, 11) is 0. The molecule has 0 saturated carbocycles. The largest absolute Gasteiger partial charge is 0.513 e. The Morgan fingerprint density at radius 2 is 2.13 bits per heavy atom. The Labute approximate surface area is 100 Å². The molecule has 1 rings (SSSR count).